The molecule has 2 N–H and O–H groups in total. The van der Waals surface area contributed by atoms with Crippen molar-refractivity contribution in [2.24, 2.45) is 5.73 Å². The van der Waals surface area contributed by atoms with Crippen molar-refractivity contribution in [3.63, 3.8) is 0 Å². The third kappa shape index (κ3) is 2.17. The summed E-state index contributed by atoms with van der Waals surface area (Å²) < 4.78 is 14.3. The Balaban J connectivity index is 3.27. The minimum absolute atomic E-state index is 0.254. The van der Waals surface area contributed by atoms with E-state index in [1.807, 2.05) is 0 Å². The van der Waals surface area contributed by atoms with E-state index in [-0.39, 0.29) is 5.82 Å². The van der Waals surface area contributed by atoms with Crippen molar-refractivity contribution in [1.29, 1.82) is 0 Å². The molecule has 0 aliphatic heterocycles. The summed E-state index contributed by atoms with van der Waals surface area (Å²) in [7, 11) is 0. The van der Waals surface area contributed by atoms with E-state index >= 15 is 0 Å². The minimum Gasteiger partial charge on any atom is -0.321 e. The first-order chi connectivity index (χ1) is 6.06. The molecule has 0 unspecified atom stereocenters. The molecule has 1 nitrogen and oxygen atoms in total. The van der Waals surface area contributed by atoms with Crippen LogP contribution in [0.5, 0.6) is 0 Å². The van der Waals surface area contributed by atoms with Crippen LogP contribution in [0.3, 0.4) is 0 Å². The van der Waals surface area contributed by atoms with Gasteiger partial charge in [-0.3, -0.25) is 0 Å². The number of halogens is 2. The van der Waals surface area contributed by atoms with E-state index in [4.69, 9.17) is 5.73 Å². The Kier molecular flexibility index (Phi) is 3.22. The quantitative estimate of drug-likeness (QED) is 0.795. The lowest BCUT2D eigenvalue weighted by Crippen LogP contribution is -2.09. The zero-order valence-electron chi connectivity index (χ0n) is 7.35. The normalized spacial score (nSPS) is 12.6. The molecule has 0 fully saturated rings. The first kappa shape index (κ1) is 10.4. The fourth-order valence-electron chi connectivity index (χ4n) is 1.12. The van der Waals surface area contributed by atoms with Crippen molar-refractivity contribution in [2.45, 2.75) is 13.0 Å². The number of hydrogen-bond donors (Lipinski definition) is 1. The maximum Gasteiger partial charge on any atom is 0.131 e. The molecule has 13 heavy (non-hydrogen) atoms. The van der Waals surface area contributed by atoms with Crippen molar-refractivity contribution >= 4 is 15.9 Å². The Hall–Kier alpha value is -0.670. The lowest BCUT2D eigenvalue weighted by Gasteiger charge is -2.10. The van der Waals surface area contributed by atoms with Crippen LogP contribution in [0.2, 0.25) is 0 Å². The van der Waals surface area contributed by atoms with Crippen LogP contribution in [-0.4, -0.2) is 0 Å². The highest BCUT2D eigenvalue weighted by Gasteiger charge is 2.11. The van der Waals surface area contributed by atoms with E-state index in [2.05, 4.69) is 22.5 Å². The highest BCUT2D eigenvalue weighted by molar-refractivity contribution is 9.10. The Morgan fingerprint density at radius 3 is 2.77 bits per heavy atom. The Labute approximate surface area is 85.6 Å². The van der Waals surface area contributed by atoms with Gasteiger partial charge in [-0.25, -0.2) is 4.39 Å². The maximum absolute atomic E-state index is 13.5. The van der Waals surface area contributed by atoms with Crippen molar-refractivity contribution in [3.8, 4) is 0 Å². The third-order valence-electron chi connectivity index (χ3n) is 1.86. The van der Waals surface area contributed by atoms with Gasteiger partial charge in [0, 0.05) is 10.0 Å². The summed E-state index contributed by atoms with van der Waals surface area (Å²) in [5, 5.41) is 0. The SMILES string of the molecule is C=C[C@H](N)c1cc(Br)cc(C)c1F. The van der Waals surface area contributed by atoms with Gasteiger partial charge in [-0.2, -0.15) is 0 Å². The summed E-state index contributed by atoms with van der Waals surface area (Å²) in [6.07, 6.45) is 1.52. The lowest BCUT2D eigenvalue weighted by molar-refractivity contribution is 0.593. The van der Waals surface area contributed by atoms with Crippen LogP contribution in [0.15, 0.2) is 29.3 Å². The summed E-state index contributed by atoms with van der Waals surface area (Å²) >= 11 is 3.29. The van der Waals surface area contributed by atoms with Gasteiger partial charge in [0.1, 0.15) is 5.82 Å². The van der Waals surface area contributed by atoms with Gasteiger partial charge in [0.05, 0.1) is 6.04 Å². The molecule has 1 aromatic carbocycles. The number of benzene rings is 1. The molecule has 0 heterocycles. The fourth-order valence-corrected chi connectivity index (χ4v) is 1.71. The maximum atomic E-state index is 13.5. The van der Waals surface area contributed by atoms with Gasteiger partial charge >= 0.3 is 0 Å². The van der Waals surface area contributed by atoms with E-state index in [0.717, 1.165) is 4.47 Å². The first-order valence-corrected chi connectivity index (χ1v) is 4.69. The second kappa shape index (κ2) is 4.03. The number of hydrogen-bond acceptors (Lipinski definition) is 1. The second-order valence-corrected chi connectivity index (χ2v) is 3.80. The topological polar surface area (TPSA) is 26.0 Å². The van der Waals surface area contributed by atoms with Gasteiger partial charge in [0.25, 0.3) is 0 Å². The summed E-state index contributed by atoms with van der Waals surface area (Å²) in [4.78, 5) is 0. The highest BCUT2D eigenvalue weighted by Crippen LogP contribution is 2.23. The van der Waals surface area contributed by atoms with Gasteiger partial charge < -0.3 is 5.73 Å². The van der Waals surface area contributed by atoms with Crippen molar-refractivity contribution in [1.82, 2.24) is 0 Å². The van der Waals surface area contributed by atoms with Gasteiger partial charge in [-0.1, -0.05) is 22.0 Å². The van der Waals surface area contributed by atoms with E-state index in [1.54, 1.807) is 19.1 Å². The monoisotopic (exact) mass is 243 g/mol. The molecule has 3 heteroatoms. The number of nitrogens with two attached hydrogens (primary N) is 1. The predicted octanol–water partition coefficient (Wildman–Crippen LogP) is 3.08. The van der Waals surface area contributed by atoms with Gasteiger partial charge in [-0.15, -0.1) is 6.58 Å². The molecule has 0 saturated carbocycles. The number of rotatable bonds is 2. The van der Waals surface area contributed by atoms with E-state index in [9.17, 15) is 4.39 Å². The van der Waals surface area contributed by atoms with Crippen LogP contribution >= 0.6 is 15.9 Å². The van der Waals surface area contributed by atoms with Crippen LogP contribution in [0, 0.1) is 12.7 Å². The van der Waals surface area contributed by atoms with Gasteiger partial charge in [0.15, 0.2) is 0 Å². The minimum atomic E-state index is -0.448. The summed E-state index contributed by atoms with van der Waals surface area (Å²) in [6, 6.07) is 2.94. The van der Waals surface area contributed by atoms with E-state index in [0.29, 0.717) is 11.1 Å². The molecule has 0 aliphatic carbocycles. The van der Waals surface area contributed by atoms with Crippen LogP contribution in [-0.2, 0) is 0 Å². The van der Waals surface area contributed by atoms with E-state index < -0.39 is 6.04 Å². The smallest absolute Gasteiger partial charge is 0.131 e. The summed E-state index contributed by atoms with van der Waals surface area (Å²) in [5.74, 6) is -0.254. The van der Waals surface area contributed by atoms with Crippen LogP contribution in [0.4, 0.5) is 4.39 Å². The summed E-state index contributed by atoms with van der Waals surface area (Å²) in [6.45, 7) is 5.24. The largest absolute Gasteiger partial charge is 0.321 e. The van der Waals surface area contributed by atoms with Crippen molar-refractivity contribution < 1.29 is 4.39 Å². The molecule has 70 valence electrons. The van der Waals surface area contributed by atoms with Crippen molar-refractivity contribution in [3.05, 3.63) is 46.2 Å². The second-order valence-electron chi connectivity index (χ2n) is 2.89. The standard InChI is InChI=1S/C10H11BrFN/c1-3-9(13)8-5-7(11)4-6(2)10(8)12/h3-5,9H,1,13H2,2H3/t9-/m0/s1. The molecule has 0 aliphatic rings. The van der Waals surface area contributed by atoms with Gasteiger partial charge in [0.2, 0.25) is 0 Å². The lowest BCUT2D eigenvalue weighted by atomic mass is 10.0. The number of aryl methyl sites for hydroxylation is 1. The third-order valence-corrected chi connectivity index (χ3v) is 2.32. The van der Waals surface area contributed by atoms with Crippen molar-refractivity contribution in [2.75, 3.05) is 0 Å². The molecule has 0 saturated heterocycles. The predicted molar refractivity (Wildman–Crippen MR) is 56.0 cm³/mol. The molecular formula is C10H11BrFN. The highest BCUT2D eigenvalue weighted by atomic mass is 79.9. The molecule has 0 spiro atoms. The Morgan fingerprint density at radius 1 is 1.62 bits per heavy atom. The average Bonchev–Trinajstić information content (AvgIpc) is 2.10. The molecule has 1 aromatic rings. The van der Waals surface area contributed by atoms with Gasteiger partial charge in [-0.05, 0) is 24.6 Å². The molecule has 0 amide bonds. The summed E-state index contributed by atoms with van der Waals surface area (Å²) in [5.41, 5.74) is 6.71. The average molecular weight is 244 g/mol. The molecule has 0 bridgehead atoms. The molecule has 0 aromatic heterocycles. The molecule has 1 atom stereocenters. The Bertz CT molecular complexity index is 336. The van der Waals surface area contributed by atoms with Crippen LogP contribution in [0.1, 0.15) is 17.2 Å². The fraction of sp³-hybridized carbons (Fsp3) is 0.200. The van der Waals surface area contributed by atoms with E-state index in [1.165, 1.54) is 6.08 Å². The molecular weight excluding hydrogens is 233 g/mol. The zero-order chi connectivity index (χ0) is 10.0. The first-order valence-electron chi connectivity index (χ1n) is 3.90. The Morgan fingerprint density at radius 2 is 2.23 bits per heavy atom. The molecule has 1 rings (SSSR count). The van der Waals surface area contributed by atoms with Crippen LogP contribution < -0.4 is 5.73 Å². The van der Waals surface area contributed by atoms with Crippen LogP contribution in [0.25, 0.3) is 0 Å². The molecule has 0 radical (unpaired) electrons. The zero-order valence-corrected chi connectivity index (χ0v) is 8.94.